The molecule has 1 saturated heterocycles. The SMILES string of the molecule is C=Cn1cc(CN2CC(O)CC2c2ccccc2C(F)(F)F)cn1. The Hall–Kier alpha value is -2.12. The van der Waals surface area contributed by atoms with Crippen LogP contribution < -0.4 is 0 Å². The lowest BCUT2D eigenvalue weighted by molar-refractivity contribution is -0.138. The fourth-order valence-electron chi connectivity index (χ4n) is 3.22. The van der Waals surface area contributed by atoms with Gasteiger partial charge >= 0.3 is 6.18 Å². The lowest BCUT2D eigenvalue weighted by Gasteiger charge is -2.26. The van der Waals surface area contributed by atoms with Gasteiger partial charge in [-0.15, -0.1) is 0 Å². The number of nitrogens with zero attached hydrogens (tertiary/aromatic N) is 3. The van der Waals surface area contributed by atoms with Gasteiger partial charge in [0.25, 0.3) is 0 Å². The van der Waals surface area contributed by atoms with Gasteiger partial charge in [-0.3, -0.25) is 4.90 Å². The summed E-state index contributed by atoms with van der Waals surface area (Å²) in [6, 6.07) is 5.09. The third-order valence-corrected chi connectivity index (χ3v) is 4.23. The van der Waals surface area contributed by atoms with Gasteiger partial charge in [0.15, 0.2) is 0 Å². The van der Waals surface area contributed by atoms with Crippen molar-refractivity contribution in [1.82, 2.24) is 14.7 Å². The highest BCUT2D eigenvalue weighted by Gasteiger charge is 2.39. The smallest absolute Gasteiger partial charge is 0.392 e. The van der Waals surface area contributed by atoms with E-state index in [1.54, 1.807) is 29.3 Å². The van der Waals surface area contributed by atoms with Gasteiger partial charge in [0.2, 0.25) is 0 Å². The first-order valence-electron chi connectivity index (χ1n) is 7.62. The zero-order chi connectivity index (χ0) is 17.3. The van der Waals surface area contributed by atoms with Crippen molar-refractivity contribution in [3.63, 3.8) is 0 Å². The lowest BCUT2D eigenvalue weighted by atomic mass is 9.97. The molecule has 4 nitrogen and oxygen atoms in total. The predicted molar refractivity (Wildman–Crippen MR) is 83.8 cm³/mol. The molecular weight excluding hydrogens is 319 g/mol. The van der Waals surface area contributed by atoms with E-state index in [4.69, 9.17) is 0 Å². The van der Waals surface area contributed by atoms with Gasteiger partial charge in [-0.2, -0.15) is 18.3 Å². The minimum absolute atomic E-state index is 0.206. The van der Waals surface area contributed by atoms with E-state index in [1.165, 1.54) is 12.1 Å². The largest absolute Gasteiger partial charge is 0.416 e. The van der Waals surface area contributed by atoms with Crippen molar-refractivity contribution in [2.45, 2.75) is 31.3 Å². The van der Waals surface area contributed by atoms with E-state index in [1.807, 2.05) is 4.90 Å². The summed E-state index contributed by atoms with van der Waals surface area (Å²) >= 11 is 0. The molecule has 7 heteroatoms. The van der Waals surface area contributed by atoms with Crippen LogP contribution in [0.15, 0.2) is 43.2 Å². The highest BCUT2D eigenvalue weighted by atomic mass is 19.4. The molecule has 1 aliphatic rings. The Balaban J connectivity index is 1.90. The number of benzene rings is 1. The van der Waals surface area contributed by atoms with Crippen molar-refractivity contribution in [3.05, 3.63) is 59.9 Å². The van der Waals surface area contributed by atoms with E-state index in [9.17, 15) is 18.3 Å². The van der Waals surface area contributed by atoms with Crippen LogP contribution in [0.25, 0.3) is 6.20 Å². The minimum atomic E-state index is -4.41. The fraction of sp³-hybridized carbons (Fsp3) is 0.353. The normalized spacial score (nSPS) is 22.0. The van der Waals surface area contributed by atoms with Crippen LogP contribution in [0, 0.1) is 0 Å². The van der Waals surface area contributed by atoms with E-state index in [0.717, 1.165) is 11.6 Å². The molecule has 24 heavy (non-hydrogen) atoms. The van der Waals surface area contributed by atoms with Crippen LogP contribution in [0.1, 0.15) is 29.2 Å². The van der Waals surface area contributed by atoms with E-state index in [2.05, 4.69) is 11.7 Å². The molecule has 0 radical (unpaired) electrons. The number of hydrogen-bond donors (Lipinski definition) is 1. The summed E-state index contributed by atoms with van der Waals surface area (Å²) in [4.78, 5) is 1.86. The molecule has 1 aromatic heterocycles. The van der Waals surface area contributed by atoms with Crippen LogP contribution in [-0.4, -0.2) is 32.4 Å². The van der Waals surface area contributed by atoms with Gasteiger partial charge in [0, 0.05) is 37.1 Å². The van der Waals surface area contributed by atoms with Crippen LogP contribution in [0.3, 0.4) is 0 Å². The maximum atomic E-state index is 13.3. The Kier molecular flexibility index (Phi) is 4.47. The number of β-amino-alcohol motifs (C(OH)–C–C–N with tert-alkyl or cyclic N) is 1. The van der Waals surface area contributed by atoms with Crippen LogP contribution in [-0.2, 0) is 12.7 Å². The first-order valence-corrected chi connectivity index (χ1v) is 7.62. The lowest BCUT2D eigenvalue weighted by Crippen LogP contribution is -2.25. The highest BCUT2D eigenvalue weighted by Crippen LogP contribution is 2.40. The number of aliphatic hydroxyl groups excluding tert-OH is 1. The number of likely N-dealkylation sites (tertiary alicyclic amines) is 1. The van der Waals surface area contributed by atoms with Crippen molar-refractivity contribution < 1.29 is 18.3 Å². The second-order valence-electron chi connectivity index (χ2n) is 5.93. The average Bonchev–Trinajstić information content (AvgIpc) is 3.13. The Morgan fingerprint density at radius 3 is 2.75 bits per heavy atom. The topological polar surface area (TPSA) is 41.3 Å². The molecule has 0 aliphatic carbocycles. The minimum Gasteiger partial charge on any atom is -0.392 e. The summed E-state index contributed by atoms with van der Waals surface area (Å²) in [6.45, 7) is 4.36. The molecular formula is C17H18F3N3O. The summed E-state index contributed by atoms with van der Waals surface area (Å²) in [5, 5.41) is 14.1. The van der Waals surface area contributed by atoms with Crippen LogP contribution in [0.4, 0.5) is 13.2 Å². The summed E-state index contributed by atoms with van der Waals surface area (Å²) in [7, 11) is 0. The van der Waals surface area contributed by atoms with Gasteiger partial charge in [0.1, 0.15) is 0 Å². The van der Waals surface area contributed by atoms with E-state index in [0.29, 0.717) is 13.1 Å². The Morgan fingerprint density at radius 2 is 2.08 bits per heavy atom. The average molecular weight is 337 g/mol. The summed E-state index contributed by atoms with van der Waals surface area (Å²) < 4.78 is 41.4. The van der Waals surface area contributed by atoms with Crippen molar-refractivity contribution in [2.75, 3.05) is 6.54 Å². The molecule has 3 rings (SSSR count). The number of aliphatic hydroxyl groups is 1. The molecule has 0 bridgehead atoms. The van der Waals surface area contributed by atoms with Gasteiger partial charge < -0.3 is 5.11 Å². The van der Waals surface area contributed by atoms with Crippen LogP contribution in [0.5, 0.6) is 0 Å². The molecule has 0 saturated carbocycles. The highest BCUT2D eigenvalue weighted by molar-refractivity contribution is 5.33. The van der Waals surface area contributed by atoms with Crippen LogP contribution in [0.2, 0.25) is 0 Å². The summed E-state index contributed by atoms with van der Waals surface area (Å²) in [6.07, 6.45) is 0.180. The second kappa shape index (κ2) is 6.41. The number of alkyl halides is 3. The second-order valence-corrected chi connectivity index (χ2v) is 5.93. The Labute approximate surface area is 137 Å². The number of halogens is 3. The van der Waals surface area contributed by atoms with Crippen molar-refractivity contribution in [3.8, 4) is 0 Å². The third-order valence-electron chi connectivity index (χ3n) is 4.23. The molecule has 2 heterocycles. The Morgan fingerprint density at radius 1 is 1.33 bits per heavy atom. The van der Waals surface area contributed by atoms with Crippen molar-refractivity contribution in [1.29, 1.82) is 0 Å². The number of aromatic nitrogens is 2. The van der Waals surface area contributed by atoms with Gasteiger partial charge in [0.05, 0.1) is 17.9 Å². The van der Waals surface area contributed by atoms with Gasteiger partial charge in [-0.1, -0.05) is 24.8 Å². The zero-order valence-corrected chi connectivity index (χ0v) is 12.9. The van der Waals surface area contributed by atoms with Gasteiger partial charge in [-0.05, 0) is 18.1 Å². The standard InChI is InChI=1S/C17H18F3N3O/c1-2-23-10-12(8-21-23)9-22-11-13(24)7-16(22)14-5-3-4-6-15(14)17(18,19)20/h2-6,8,10,13,16,24H,1,7,9,11H2. The quantitative estimate of drug-likeness (QED) is 0.931. The molecule has 2 atom stereocenters. The first-order chi connectivity index (χ1) is 11.4. The third kappa shape index (κ3) is 3.37. The molecule has 1 aromatic carbocycles. The molecule has 2 unspecified atom stereocenters. The molecule has 128 valence electrons. The summed E-state index contributed by atoms with van der Waals surface area (Å²) in [5.74, 6) is 0. The Bertz CT molecular complexity index is 726. The predicted octanol–water partition coefficient (Wildman–Crippen LogP) is 3.31. The molecule has 1 N–H and O–H groups in total. The zero-order valence-electron chi connectivity index (χ0n) is 12.9. The maximum absolute atomic E-state index is 13.3. The van der Waals surface area contributed by atoms with E-state index < -0.39 is 23.9 Å². The van der Waals surface area contributed by atoms with Crippen LogP contribution >= 0.6 is 0 Å². The van der Waals surface area contributed by atoms with E-state index >= 15 is 0 Å². The molecule has 2 aromatic rings. The number of rotatable bonds is 4. The monoisotopic (exact) mass is 337 g/mol. The molecule has 1 aliphatic heterocycles. The molecule has 1 fully saturated rings. The van der Waals surface area contributed by atoms with Crippen molar-refractivity contribution >= 4 is 6.20 Å². The van der Waals surface area contributed by atoms with Gasteiger partial charge in [-0.25, -0.2) is 4.68 Å². The summed E-state index contributed by atoms with van der Waals surface area (Å²) in [5.41, 5.74) is 0.423. The number of hydrogen-bond acceptors (Lipinski definition) is 3. The molecule has 0 amide bonds. The van der Waals surface area contributed by atoms with Crippen molar-refractivity contribution in [2.24, 2.45) is 0 Å². The van der Waals surface area contributed by atoms with E-state index in [-0.39, 0.29) is 12.0 Å². The first kappa shape index (κ1) is 16.7. The molecule has 0 spiro atoms. The fourth-order valence-corrected chi connectivity index (χ4v) is 3.22. The maximum Gasteiger partial charge on any atom is 0.416 e.